The van der Waals surface area contributed by atoms with Crippen LogP contribution in [0.5, 0.6) is 0 Å². The fraction of sp³-hybridized carbons (Fsp3) is 0. The number of nitro groups is 2. The van der Waals surface area contributed by atoms with Crippen molar-refractivity contribution in [3.8, 4) is 11.1 Å². The molecular formula is C30H20N4O14S3. The van der Waals surface area contributed by atoms with E-state index in [-0.39, 0.29) is 11.4 Å². The van der Waals surface area contributed by atoms with Gasteiger partial charge in [0.25, 0.3) is 31.6 Å². The van der Waals surface area contributed by atoms with Gasteiger partial charge in [0.15, 0.2) is 0 Å². The number of hydrogen-bond donors (Lipinski definition) is 4. The number of benzene rings is 4. The van der Waals surface area contributed by atoms with E-state index in [2.05, 4.69) is 10.6 Å². The Hall–Kier alpha value is -6.13. The lowest BCUT2D eigenvalue weighted by atomic mass is 10.0. The molecule has 2 amide bonds. The largest absolute Gasteiger partial charge is 0.321 e. The van der Waals surface area contributed by atoms with Gasteiger partial charge in [-0.25, -0.2) is 8.42 Å². The highest BCUT2D eigenvalue weighted by molar-refractivity contribution is 7.92. The zero-order valence-corrected chi connectivity index (χ0v) is 27.6. The number of fused-ring (bicyclic) bond motifs is 3. The van der Waals surface area contributed by atoms with Gasteiger partial charge in [-0.05, 0) is 71.8 Å². The molecule has 0 fully saturated rings. The SMILES string of the molecule is O=C(/C=C/c1ccc([N+](=O)[O-])cc1)Nc1cc2c(cc1S(=O)(=O)O)-c1cc(S(=O)(=O)O)c(NC(=O)/C=C/c3ccc([N+](=O)[O-])cc3)cc1S2(=O)=O. The van der Waals surface area contributed by atoms with Crippen LogP contribution in [0.3, 0.4) is 0 Å². The maximum atomic E-state index is 13.7. The normalized spacial score (nSPS) is 13.5. The van der Waals surface area contributed by atoms with Crippen molar-refractivity contribution in [3.63, 3.8) is 0 Å². The molecule has 21 heteroatoms. The van der Waals surface area contributed by atoms with Crippen molar-refractivity contribution in [3.05, 3.63) is 116 Å². The summed E-state index contributed by atoms with van der Waals surface area (Å²) in [5.41, 5.74) is -2.02. The number of hydrogen-bond acceptors (Lipinski definition) is 12. The van der Waals surface area contributed by atoms with E-state index in [4.69, 9.17) is 0 Å². The Morgan fingerprint density at radius 2 is 0.961 bits per heavy atom. The zero-order valence-electron chi connectivity index (χ0n) is 25.2. The van der Waals surface area contributed by atoms with Crippen LogP contribution in [0.4, 0.5) is 22.7 Å². The van der Waals surface area contributed by atoms with E-state index in [1.165, 1.54) is 60.7 Å². The second kappa shape index (κ2) is 13.3. The lowest BCUT2D eigenvalue weighted by Gasteiger charge is -2.12. The van der Waals surface area contributed by atoms with E-state index in [1.807, 2.05) is 0 Å². The summed E-state index contributed by atoms with van der Waals surface area (Å²) in [4.78, 5) is 42.6. The average Bonchev–Trinajstić information content (AvgIpc) is 3.26. The minimum atomic E-state index is -5.18. The highest BCUT2D eigenvalue weighted by atomic mass is 32.2. The summed E-state index contributed by atoms with van der Waals surface area (Å²) in [7, 11) is -15.0. The molecule has 0 radical (unpaired) electrons. The van der Waals surface area contributed by atoms with Gasteiger partial charge in [-0.1, -0.05) is 0 Å². The average molecular weight is 757 g/mol. The topological polar surface area (TPSA) is 287 Å². The zero-order chi connectivity index (χ0) is 37.5. The highest BCUT2D eigenvalue weighted by Gasteiger charge is 2.38. The van der Waals surface area contributed by atoms with Gasteiger partial charge in [0, 0.05) is 47.5 Å². The van der Waals surface area contributed by atoms with Gasteiger partial charge in [-0.3, -0.25) is 38.9 Å². The molecule has 1 heterocycles. The minimum absolute atomic E-state index is 0.218. The summed E-state index contributed by atoms with van der Waals surface area (Å²) < 4.78 is 96.6. The number of anilines is 2. The summed E-state index contributed by atoms with van der Waals surface area (Å²) in [6.45, 7) is 0. The lowest BCUT2D eigenvalue weighted by molar-refractivity contribution is -0.385. The smallest absolute Gasteiger partial charge is 0.296 e. The molecule has 51 heavy (non-hydrogen) atoms. The Kier molecular flexibility index (Phi) is 9.43. The van der Waals surface area contributed by atoms with Crippen molar-refractivity contribution < 1.29 is 53.8 Å². The number of non-ortho nitro benzene ring substituents is 2. The Balaban J connectivity index is 1.51. The van der Waals surface area contributed by atoms with E-state index < -0.39 is 93.8 Å². The first kappa shape index (κ1) is 36.2. The maximum absolute atomic E-state index is 13.7. The monoisotopic (exact) mass is 756 g/mol. The van der Waals surface area contributed by atoms with Crippen molar-refractivity contribution in [2.24, 2.45) is 0 Å². The molecule has 4 aromatic rings. The molecule has 4 N–H and O–H groups in total. The van der Waals surface area contributed by atoms with Crippen LogP contribution in [0.15, 0.2) is 105 Å². The number of nitro benzene ring substituents is 2. The number of nitrogens with one attached hydrogen (secondary N) is 2. The van der Waals surface area contributed by atoms with Crippen molar-refractivity contribution in [1.29, 1.82) is 0 Å². The molecule has 0 saturated carbocycles. The summed E-state index contributed by atoms with van der Waals surface area (Å²) in [5.74, 6) is -2.02. The quantitative estimate of drug-likeness (QED) is 0.0675. The predicted molar refractivity (Wildman–Crippen MR) is 178 cm³/mol. The van der Waals surface area contributed by atoms with Crippen LogP contribution in [0.2, 0.25) is 0 Å². The fourth-order valence-corrected chi connectivity index (χ4v) is 7.84. The van der Waals surface area contributed by atoms with Gasteiger partial charge in [-0.2, -0.15) is 16.8 Å². The number of carbonyl (C=O) groups excluding carboxylic acids is 2. The Morgan fingerprint density at radius 3 is 1.25 bits per heavy atom. The molecule has 262 valence electrons. The number of carbonyl (C=O) groups is 2. The van der Waals surface area contributed by atoms with Gasteiger partial charge < -0.3 is 10.6 Å². The third-order valence-electron chi connectivity index (χ3n) is 7.17. The second-order valence-electron chi connectivity index (χ2n) is 10.5. The van der Waals surface area contributed by atoms with Crippen LogP contribution in [0.1, 0.15) is 11.1 Å². The fourth-order valence-electron chi connectivity index (χ4n) is 4.83. The molecule has 0 unspecified atom stereocenters. The molecule has 0 atom stereocenters. The van der Waals surface area contributed by atoms with Crippen LogP contribution in [-0.2, 0) is 39.7 Å². The molecule has 5 rings (SSSR count). The molecule has 0 spiro atoms. The van der Waals surface area contributed by atoms with Crippen LogP contribution in [0, 0.1) is 20.2 Å². The summed E-state index contributed by atoms with van der Waals surface area (Å²) in [5, 5.41) is 26.0. The molecule has 0 bridgehead atoms. The predicted octanol–water partition coefficient (Wildman–Crippen LogP) is 4.11. The summed E-state index contributed by atoms with van der Waals surface area (Å²) >= 11 is 0. The van der Waals surface area contributed by atoms with E-state index in [1.54, 1.807) is 0 Å². The number of sulfone groups is 1. The number of rotatable bonds is 10. The lowest BCUT2D eigenvalue weighted by Crippen LogP contribution is -2.13. The van der Waals surface area contributed by atoms with Crippen molar-refractivity contribution in [1.82, 2.24) is 0 Å². The van der Waals surface area contributed by atoms with Gasteiger partial charge in [0.2, 0.25) is 21.7 Å². The van der Waals surface area contributed by atoms with Gasteiger partial charge >= 0.3 is 0 Å². The van der Waals surface area contributed by atoms with E-state index in [0.29, 0.717) is 35.4 Å². The van der Waals surface area contributed by atoms with E-state index >= 15 is 0 Å². The Morgan fingerprint density at radius 1 is 0.627 bits per heavy atom. The Labute approximate surface area is 287 Å². The van der Waals surface area contributed by atoms with Crippen LogP contribution >= 0.6 is 0 Å². The molecule has 1 aliphatic rings. The first-order valence-electron chi connectivity index (χ1n) is 13.8. The molecule has 0 aromatic heterocycles. The molecular weight excluding hydrogens is 737 g/mol. The first-order valence-corrected chi connectivity index (χ1v) is 18.2. The molecule has 18 nitrogen and oxygen atoms in total. The van der Waals surface area contributed by atoms with Crippen LogP contribution < -0.4 is 10.6 Å². The standard InChI is InChI=1S/C30H20N4O14S3/c35-29(11-5-17-1-7-19(8-2-17)33(37)38)31-23-15-25-21(13-27(23)50(43,44)45)22-14-28(51(46,47)48)24(16-26(22)49(25,41)42)32-30(36)12-6-18-3-9-20(10-4-18)34(39)40/h1-16H,(H,31,35)(H,32,36)(H,43,44,45)(H,46,47,48)/b11-5+,12-6+. The maximum Gasteiger partial charge on any atom is 0.296 e. The van der Waals surface area contributed by atoms with Crippen molar-refractivity contribution in [2.75, 3.05) is 10.6 Å². The Bertz CT molecular complexity index is 2390. The minimum Gasteiger partial charge on any atom is -0.321 e. The summed E-state index contributed by atoms with van der Waals surface area (Å²) in [6, 6.07) is 12.7. The summed E-state index contributed by atoms with van der Waals surface area (Å²) in [6.07, 6.45) is 4.21. The third kappa shape index (κ3) is 7.71. The molecule has 4 aromatic carbocycles. The molecule has 1 aliphatic heterocycles. The van der Waals surface area contributed by atoms with E-state index in [9.17, 15) is 64.2 Å². The first-order chi connectivity index (χ1) is 23.8. The number of nitrogens with zero attached hydrogens (tertiary/aromatic N) is 2. The highest BCUT2D eigenvalue weighted by Crippen LogP contribution is 2.48. The van der Waals surface area contributed by atoms with Gasteiger partial charge in [-0.15, -0.1) is 0 Å². The van der Waals surface area contributed by atoms with Gasteiger partial charge in [0.1, 0.15) is 9.79 Å². The molecule has 0 aliphatic carbocycles. The van der Waals surface area contributed by atoms with Crippen molar-refractivity contribution >= 4 is 76.8 Å². The molecule has 0 saturated heterocycles. The van der Waals surface area contributed by atoms with Crippen LogP contribution in [-0.4, -0.2) is 56.0 Å². The van der Waals surface area contributed by atoms with Crippen molar-refractivity contribution in [2.45, 2.75) is 19.6 Å². The van der Waals surface area contributed by atoms with Gasteiger partial charge in [0.05, 0.1) is 31.0 Å². The van der Waals surface area contributed by atoms with E-state index in [0.717, 1.165) is 12.2 Å². The van der Waals surface area contributed by atoms with Crippen LogP contribution in [0.25, 0.3) is 23.3 Å². The third-order valence-corrected chi connectivity index (χ3v) is 10.8. The second-order valence-corrected chi connectivity index (χ2v) is 15.2. The number of amides is 2.